The first-order valence-electron chi connectivity index (χ1n) is 9.63. The molecule has 8 heteroatoms. The third-order valence-corrected chi connectivity index (χ3v) is 4.88. The number of hydrogen-bond donors (Lipinski definition) is 0. The van der Waals surface area contributed by atoms with Crippen molar-refractivity contribution in [2.45, 2.75) is 24.4 Å². The second kappa shape index (κ2) is 9.82. The zero-order chi connectivity index (χ0) is 20.8. The maximum atomic E-state index is 12.7. The Balaban J connectivity index is 1.49. The van der Waals surface area contributed by atoms with Gasteiger partial charge >= 0.3 is 11.9 Å². The van der Waals surface area contributed by atoms with Gasteiger partial charge in [0.15, 0.2) is 6.10 Å². The lowest BCUT2D eigenvalue weighted by atomic mass is 10.0. The van der Waals surface area contributed by atoms with Gasteiger partial charge in [-0.2, -0.15) is 0 Å². The van der Waals surface area contributed by atoms with Crippen molar-refractivity contribution < 1.29 is 38.0 Å². The van der Waals surface area contributed by atoms with Crippen molar-refractivity contribution in [3.8, 4) is 0 Å². The van der Waals surface area contributed by atoms with Gasteiger partial charge in [0.1, 0.15) is 38.5 Å². The highest BCUT2D eigenvalue weighted by Crippen LogP contribution is 2.26. The molecule has 2 aromatic carbocycles. The Hall–Kier alpha value is -2.78. The van der Waals surface area contributed by atoms with Crippen LogP contribution in [0.15, 0.2) is 60.7 Å². The predicted molar refractivity (Wildman–Crippen MR) is 103 cm³/mol. The fourth-order valence-corrected chi connectivity index (χ4v) is 3.35. The van der Waals surface area contributed by atoms with Crippen molar-refractivity contribution in [3.05, 3.63) is 71.8 Å². The van der Waals surface area contributed by atoms with Crippen LogP contribution in [0, 0.1) is 0 Å². The minimum atomic E-state index is -0.889. The monoisotopic (exact) mass is 414 g/mol. The zero-order valence-electron chi connectivity index (χ0n) is 16.2. The summed E-state index contributed by atoms with van der Waals surface area (Å²) in [7, 11) is 0. The van der Waals surface area contributed by atoms with Crippen molar-refractivity contribution in [2.24, 2.45) is 0 Å². The van der Waals surface area contributed by atoms with E-state index in [-0.39, 0.29) is 26.3 Å². The molecular weight excluding hydrogens is 392 g/mol. The van der Waals surface area contributed by atoms with Crippen LogP contribution in [0.5, 0.6) is 0 Å². The average Bonchev–Trinajstić information content (AvgIpc) is 2.82. The van der Waals surface area contributed by atoms with Crippen LogP contribution in [0.2, 0.25) is 0 Å². The number of ether oxygens (including phenoxy) is 6. The molecule has 0 spiro atoms. The van der Waals surface area contributed by atoms with Gasteiger partial charge in [0, 0.05) is 0 Å². The van der Waals surface area contributed by atoms with Crippen LogP contribution in [0.1, 0.15) is 20.7 Å². The van der Waals surface area contributed by atoms with E-state index in [1.807, 2.05) is 0 Å². The van der Waals surface area contributed by atoms with Crippen LogP contribution < -0.4 is 0 Å². The van der Waals surface area contributed by atoms with Crippen LogP contribution in [0.3, 0.4) is 0 Å². The standard InChI is InChI=1S/C22H22O8/c23-21(15-7-3-1-4-8-15)26-12-18(30-22(24)16-9-5-2-6-10-16)20-19-17(27-14-29-20)11-25-13-28-19/h1-10,17-20H,11-14H2. The zero-order valence-corrected chi connectivity index (χ0v) is 16.2. The Morgan fingerprint density at radius 2 is 1.53 bits per heavy atom. The molecule has 0 amide bonds. The molecule has 4 unspecified atom stereocenters. The molecule has 2 saturated heterocycles. The molecule has 2 fully saturated rings. The van der Waals surface area contributed by atoms with E-state index in [4.69, 9.17) is 28.4 Å². The van der Waals surface area contributed by atoms with Gasteiger partial charge in [0.05, 0.1) is 17.7 Å². The minimum Gasteiger partial charge on any atom is -0.458 e. The maximum Gasteiger partial charge on any atom is 0.338 e. The van der Waals surface area contributed by atoms with Crippen LogP contribution in [0.4, 0.5) is 0 Å². The van der Waals surface area contributed by atoms with E-state index in [9.17, 15) is 9.59 Å². The van der Waals surface area contributed by atoms with Gasteiger partial charge in [-0.25, -0.2) is 9.59 Å². The normalized spacial score (nSPS) is 24.3. The summed E-state index contributed by atoms with van der Waals surface area (Å²) in [4.78, 5) is 25.0. The Labute approximate surface area is 173 Å². The summed E-state index contributed by atoms with van der Waals surface area (Å²) >= 11 is 0. The minimum absolute atomic E-state index is 0.00935. The highest BCUT2D eigenvalue weighted by atomic mass is 16.8. The Kier molecular flexibility index (Phi) is 6.70. The van der Waals surface area contributed by atoms with Gasteiger partial charge in [-0.3, -0.25) is 0 Å². The summed E-state index contributed by atoms with van der Waals surface area (Å²) < 4.78 is 33.3. The maximum absolute atomic E-state index is 12.7. The molecule has 2 aromatic rings. The summed E-state index contributed by atoms with van der Waals surface area (Å²) in [6.45, 7) is 0.218. The van der Waals surface area contributed by atoms with Crippen molar-refractivity contribution in [2.75, 3.05) is 26.8 Å². The fourth-order valence-electron chi connectivity index (χ4n) is 3.35. The third-order valence-electron chi connectivity index (χ3n) is 4.88. The smallest absolute Gasteiger partial charge is 0.338 e. The first kappa shape index (κ1) is 20.5. The number of esters is 2. The second-order valence-corrected chi connectivity index (χ2v) is 6.85. The van der Waals surface area contributed by atoms with Crippen molar-refractivity contribution in [3.63, 3.8) is 0 Å². The van der Waals surface area contributed by atoms with E-state index in [1.165, 1.54) is 0 Å². The molecule has 0 saturated carbocycles. The summed E-state index contributed by atoms with van der Waals surface area (Å²) in [5.41, 5.74) is 0.784. The number of carbonyl (C=O) groups excluding carboxylic acids is 2. The summed E-state index contributed by atoms with van der Waals surface area (Å²) in [5, 5.41) is 0. The van der Waals surface area contributed by atoms with E-state index >= 15 is 0 Å². The highest BCUT2D eigenvalue weighted by Gasteiger charge is 2.45. The molecule has 8 nitrogen and oxygen atoms in total. The molecule has 0 aromatic heterocycles. The van der Waals surface area contributed by atoms with E-state index in [1.54, 1.807) is 60.7 Å². The molecule has 4 atom stereocenters. The molecule has 4 rings (SSSR count). The molecule has 0 N–H and O–H groups in total. The van der Waals surface area contributed by atoms with E-state index in [0.29, 0.717) is 17.7 Å². The Morgan fingerprint density at radius 3 is 2.23 bits per heavy atom. The number of benzene rings is 2. The van der Waals surface area contributed by atoms with Gasteiger partial charge in [0.2, 0.25) is 0 Å². The lowest BCUT2D eigenvalue weighted by Crippen LogP contribution is -2.58. The summed E-state index contributed by atoms with van der Waals surface area (Å²) in [6.07, 6.45) is -2.44. The Bertz CT molecular complexity index is 839. The van der Waals surface area contributed by atoms with E-state index < -0.39 is 30.3 Å². The molecule has 0 radical (unpaired) electrons. The molecule has 0 bridgehead atoms. The number of carbonyl (C=O) groups is 2. The topological polar surface area (TPSA) is 89.5 Å². The molecule has 158 valence electrons. The van der Waals surface area contributed by atoms with Crippen LogP contribution in [-0.2, 0) is 28.4 Å². The van der Waals surface area contributed by atoms with Crippen LogP contribution in [0.25, 0.3) is 0 Å². The lowest BCUT2D eigenvalue weighted by molar-refractivity contribution is -0.314. The molecule has 0 aliphatic carbocycles. The average molecular weight is 414 g/mol. The first-order valence-corrected chi connectivity index (χ1v) is 9.63. The number of hydrogen-bond acceptors (Lipinski definition) is 8. The molecule has 2 aliphatic rings. The fraction of sp³-hybridized carbons (Fsp3) is 0.364. The van der Waals surface area contributed by atoms with Crippen molar-refractivity contribution in [1.29, 1.82) is 0 Å². The SMILES string of the molecule is O=C(OCC(OC(=O)c1ccccc1)C1OCOC2COCOC21)c1ccccc1. The summed E-state index contributed by atoms with van der Waals surface area (Å²) in [6, 6.07) is 17.2. The number of fused-ring (bicyclic) bond motifs is 1. The highest BCUT2D eigenvalue weighted by molar-refractivity contribution is 5.90. The van der Waals surface area contributed by atoms with E-state index in [0.717, 1.165) is 0 Å². The van der Waals surface area contributed by atoms with Gasteiger partial charge in [0.25, 0.3) is 0 Å². The van der Waals surface area contributed by atoms with Crippen molar-refractivity contribution in [1.82, 2.24) is 0 Å². The first-order chi connectivity index (χ1) is 14.7. The van der Waals surface area contributed by atoms with Crippen molar-refractivity contribution >= 4 is 11.9 Å². The van der Waals surface area contributed by atoms with Gasteiger partial charge < -0.3 is 28.4 Å². The largest absolute Gasteiger partial charge is 0.458 e. The van der Waals surface area contributed by atoms with Gasteiger partial charge in [-0.1, -0.05) is 36.4 Å². The molecule has 30 heavy (non-hydrogen) atoms. The third kappa shape index (κ3) is 4.85. The molecule has 2 aliphatic heterocycles. The molecule has 2 heterocycles. The quantitative estimate of drug-likeness (QED) is 0.665. The van der Waals surface area contributed by atoms with Gasteiger partial charge in [-0.15, -0.1) is 0 Å². The Morgan fingerprint density at radius 1 is 0.867 bits per heavy atom. The van der Waals surface area contributed by atoms with Gasteiger partial charge in [-0.05, 0) is 24.3 Å². The number of rotatable bonds is 6. The summed E-state index contributed by atoms with van der Waals surface area (Å²) in [5.74, 6) is -1.07. The lowest BCUT2D eigenvalue weighted by Gasteiger charge is -2.42. The predicted octanol–water partition coefficient (Wildman–Crippen LogP) is 2.18. The van der Waals surface area contributed by atoms with E-state index in [2.05, 4.69) is 0 Å². The second-order valence-electron chi connectivity index (χ2n) is 6.85. The van der Waals surface area contributed by atoms with Crippen LogP contribution in [-0.4, -0.2) is 63.2 Å². The van der Waals surface area contributed by atoms with Crippen LogP contribution >= 0.6 is 0 Å². The molecular formula is C22H22O8.